The van der Waals surface area contributed by atoms with Gasteiger partial charge in [0.15, 0.2) is 0 Å². The quantitative estimate of drug-likeness (QED) is 0.772. The maximum Gasteiger partial charge on any atom is 0.119 e. The van der Waals surface area contributed by atoms with E-state index >= 15 is 0 Å². The molecule has 0 atom stereocenters. The van der Waals surface area contributed by atoms with Crippen molar-refractivity contribution in [2.45, 2.75) is 6.61 Å². The van der Waals surface area contributed by atoms with Crippen LogP contribution >= 0.6 is 0 Å². The van der Waals surface area contributed by atoms with Gasteiger partial charge < -0.3 is 14.8 Å². The van der Waals surface area contributed by atoms with Gasteiger partial charge in [0.2, 0.25) is 0 Å². The fourth-order valence-corrected chi connectivity index (χ4v) is 1.78. The molecule has 0 aliphatic rings. The lowest BCUT2D eigenvalue weighted by Gasteiger charge is -2.08. The third-order valence-electron chi connectivity index (χ3n) is 2.75. The summed E-state index contributed by atoms with van der Waals surface area (Å²) < 4.78 is 10.8. The number of nitrogens with one attached hydrogen (secondary N) is 1. The minimum Gasteiger partial charge on any atom is -0.497 e. The zero-order valence-electron chi connectivity index (χ0n) is 11.1. The molecule has 0 radical (unpaired) electrons. The van der Waals surface area contributed by atoms with E-state index in [2.05, 4.69) is 5.32 Å². The number of hydrogen-bond donors (Lipinski definition) is 1. The van der Waals surface area contributed by atoms with E-state index in [1.165, 1.54) is 0 Å². The molecule has 0 bridgehead atoms. The minimum absolute atomic E-state index is 0.605. The van der Waals surface area contributed by atoms with Crippen molar-refractivity contribution in [1.82, 2.24) is 0 Å². The number of hydrogen-bond acceptors (Lipinski definition) is 3. The SMILES string of the molecule is COc1cccc(COCCNc2ccccc2)c1. The first-order chi connectivity index (χ1) is 9.38. The summed E-state index contributed by atoms with van der Waals surface area (Å²) in [6.07, 6.45) is 0. The first-order valence-electron chi connectivity index (χ1n) is 6.38. The Labute approximate surface area is 114 Å². The van der Waals surface area contributed by atoms with Crippen LogP contribution in [0.25, 0.3) is 0 Å². The monoisotopic (exact) mass is 257 g/mol. The van der Waals surface area contributed by atoms with E-state index in [9.17, 15) is 0 Å². The van der Waals surface area contributed by atoms with Gasteiger partial charge in [0.1, 0.15) is 5.75 Å². The molecule has 0 saturated heterocycles. The zero-order valence-corrected chi connectivity index (χ0v) is 11.1. The topological polar surface area (TPSA) is 30.5 Å². The van der Waals surface area contributed by atoms with E-state index in [1.54, 1.807) is 7.11 Å². The highest BCUT2D eigenvalue weighted by Crippen LogP contribution is 2.13. The predicted molar refractivity (Wildman–Crippen MR) is 77.6 cm³/mol. The minimum atomic E-state index is 0.605. The van der Waals surface area contributed by atoms with Crippen LogP contribution in [0.5, 0.6) is 5.75 Å². The molecular weight excluding hydrogens is 238 g/mol. The molecule has 2 rings (SSSR count). The van der Waals surface area contributed by atoms with Gasteiger partial charge in [-0.15, -0.1) is 0 Å². The van der Waals surface area contributed by atoms with E-state index in [1.807, 2.05) is 54.6 Å². The number of benzene rings is 2. The highest BCUT2D eigenvalue weighted by Gasteiger charge is 1.96. The van der Waals surface area contributed by atoms with Crippen LogP contribution in [0.1, 0.15) is 5.56 Å². The van der Waals surface area contributed by atoms with Crippen molar-refractivity contribution in [1.29, 1.82) is 0 Å². The smallest absolute Gasteiger partial charge is 0.119 e. The van der Waals surface area contributed by atoms with E-state index in [4.69, 9.17) is 9.47 Å². The summed E-state index contributed by atoms with van der Waals surface area (Å²) in [6, 6.07) is 18.0. The summed E-state index contributed by atoms with van der Waals surface area (Å²) in [5.41, 5.74) is 2.24. The maximum absolute atomic E-state index is 5.62. The Kier molecular flexibility index (Phi) is 5.26. The van der Waals surface area contributed by atoms with Crippen molar-refractivity contribution in [3.63, 3.8) is 0 Å². The highest BCUT2D eigenvalue weighted by molar-refractivity contribution is 5.42. The summed E-state index contributed by atoms with van der Waals surface area (Å²) >= 11 is 0. The van der Waals surface area contributed by atoms with E-state index in [0.29, 0.717) is 13.2 Å². The molecule has 0 saturated carbocycles. The van der Waals surface area contributed by atoms with Gasteiger partial charge in [0.05, 0.1) is 20.3 Å². The number of anilines is 1. The average Bonchev–Trinajstić information content (AvgIpc) is 2.48. The fraction of sp³-hybridized carbons (Fsp3) is 0.250. The molecule has 2 aromatic carbocycles. The first-order valence-corrected chi connectivity index (χ1v) is 6.38. The van der Waals surface area contributed by atoms with Crippen molar-refractivity contribution in [2.24, 2.45) is 0 Å². The molecule has 3 heteroatoms. The molecule has 2 aromatic rings. The van der Waals surface area contributed by atoms with Gasteiger partial charge in [-0.3, -0.25) is 0 Å². The molecule has 0 heterocycles. The molecule has 0 aromatic heterocycles. The molecule has 0 spiro atoms. The second kappa shape index (κ2) is 7.44. The van der Waals surface area contributed by atoms with Gasteiger partial charge in [-0.2, -0.15) is 0 Å². The Balaban J connectivity index is 1.66. The number of ether oxygens (including phenoxy) is 2. The maximum atomic E-state index is 5.62. The van der Waals surface area contributed by atoms with Crippen LogP contribution in [0.15, 0.2) is 54.6 Å². The van der Waals surface area contributed by atoms with Crippen molar-refractivity contribution >= 4 is 5.69 Å². The van der Waals surface area contributed by atoms with Crippen LogP contribution in [0.4, 0.5) is 5.69 Å². The summed E-state index contributed by atoms with van der Waals surface area (Å²) in [7, 11) is 1.67. The molecular formula is C16H19NO2. The molecule has 0 unspecified atom stereocenters. The second-order valence-corrected chi connectivity index (χ2v) is 4.20. The summed E-state index contributed by atoms with van der Waals surface area (Å²) in [5, 5.41) is 3.30. The van der Waals surface area contributed by atoms with Crippen LogP contribution < -0.4 is 10.1 Å². The lowest BCUT2D eigenvalue weighted by atomic mass is 10.2. The van der Waals surface area contributed by atoms with Gasteiger partial charge in [-0.1, -0.05) is 30.3 Å². The van der Waals surface area contributed by atoms with Crippen LogP contribution in [0.2, 0.25) is 0 Å². The van der Waals surface area contributed by atoms with E-state index in [0.717, 1.165) is 23.5 Å². The predicted octanol–water partition coefficient (Wildman–Crippen LogP) is 3.32. The van der Waals surface area contributed by atoms with Crippen LogP contribution in [0.3, 0.4) is 0 Å². The van der Waals surface area contributed by atoms with Crippen molar-refractivity contribution in [2.75, 3.05) is 25.6 Å². The molecule has 100 valence electrons. The van der Waals surface area contributed by atoms with Crippen LogP contribution in [0, 0.1) is 0 Å². The summed E-state index contributed by atoms with van der Waals surface area (Å²) in [4.78, 5) is 0. The van der Waals surface area contributed by atoms with Crippen molar-refractivity contribution in [3.05, 3.63) is 60.2 Å². The molecule has 0 fully saturated rings. The average molecular weight is 257 g/mol. The van der Waals surface area contributed by atoms with Gasteiger partial charge in [0.25, 0.3) is 0 Å². The number of methoxy groups -OCH3 is 1. The zero-order chi connectivity index (χ0) is 13.3. The molecule has 0 aliphatic carbocycles. The molecule has 0 aliphatic heterocycles. The lowest BCUT2D eigenvalue weighted by molar-refractivity contribution is 0.130. The Morgan fingerprint density at radius 1 is 1.00 bits per heavy atom. The van der Waals surface area contributed by atoms with Gasteiger partial charge in [-0.25, -0.2) is 0 Å². The van der Waals surface area contributed by atoms with Gasteiger partial charge in [0, 0.05) is 12.2 Å². The van der Waals surface area contributed by atoms with Gasteiger partial charge >= 0.3 is 0 Å². The third kappa shape index (κ3) is 4.64. The van der Waals surface area contributed by atoms with Gasteiger partial charge in [-0.05, 0) is 29.8 Å². The Hall–Kier alpha value is -2.00. The standard InChI is InChI=1S/C16H19NO2/c1-18-16-9-5-6-14(12-16)13-19-11-10-17-15-7-3-2-4-8-15/h2-9,12,17H,10-11,13H2,1H3. The summed E-state index contributed by atoms with van der Waals surface area (Å²) in [5.74, 6) is 0.864. The number of para-hydroxylation sites is 1. The normalized spacial score (nSPS) is 10.2. The van der Waals surface area contributed by atoms with Crippen molar-refractivity contribution in [3.8, 4) is 5.75 Å². The molecule has 3 nitrogen and oxygen atoms in total. The van der Waals surface area contributed by atoms with E-state index < -0.39 is 0 Å². The highest BCUT2D eigenvalue weighted by atomic mass is 16.5. The third-order valence-corrected chi connectivity index (χ3v) is 2.75. The van der Waals surface area contributed by atoms with Crippen LogP contribution in [-0.2, 0) is 11.3 Å². The molecule has 0 amide bonds. The fourth-order valence-electron chi connectivity index (χ4n) is 1.78. The molecule has 1 N–H and O–H groups in total. The lowest BCUT2D eigenvalue weighted by Crippen LogP contribution is -2.09. The Bertz CT molecular complexity index is 485. The van der Waals surface area contributed by atoms with Crippen LogP contribution in [-0.4, -0.2) is 20.3 Å². The first kappa shape index (κ1) is 13.4. The van der Waals surface area contributed by atoms with Crippen molar-refractivity contribution < 1.29 is 9.47 Å². The largest absolute Gasteiger partial charge is 0.497 e. The Morgan fingerprint density at radius 3 is 2.63 bits per heavy atom. The Morgan fingerprint density at radius 2 is 1.84 bits per heavy atom. The second-order valence-electron chi connectivity index (χ2n) is 4.20. The molecule has 19 heavy (non-hydrogen) atoms. The van der Waals surface area contributed by atoms with E-state index in [-0.39, 0.29) is 0 Å². The number of rotatable bonds is 7. The summed E-state index contributed by atoms with van der Waals surface area (Å²) in [6.45, 7) is 2.08.